The monoisotopic (exact) mass is 461 g/mol. The minimum absolute atomic E-state index is 0.123. The summed E-state index contributed by atoms with van der Waals surface area (Å²) < 4.78 is 0. The van der Waals surface area contributed by atoms with Crippen molar-refractivity contribution >= 4 is 40.0 Å². The average Bonchev–Trinajstić information content (AvgIpc) is 3.40. The Labute approximate surface area is 195 Å². The first-order valence-electron chi connectivity index (χ1n) is 10.5. The van der Waals surface area contributed by atoms with E-state index in [4.69, 9.17) is 0 Å². The van der Waals surface area contributed by atoms with Crippen molar-refractivity contribution in [1.29, 1.82) is 0 Å². The van der Waals surface area contributed by atoms with Gasteiger partial charge in [0.05, 0.1) is 5.56 Å². The highest BCUT2D eigenvalue weighted by Crippen LogP contribution is 2.39. The summed E-state index contributed by atoms with van der Waals surface area (Å²) in [6.07, 6.45) is 2.51. The Kier molecular flexibility index (Phi) is 6.37. The van der Waals surface area contributed by atoms with Crippen molar-refractivity contribution in [2.75, 3.05) is 19.4 Å². The van der Waals surface area contributed by atoms with Crippen LogP contribution in [0.2, 0.25) is 0 Å². The second-order valence-corrected chi connectivity index (χ2v) is 9.05. The van der Waals surface area contributed by atoms with Crippen molar-refractivity contribution < 1.29 is 19.2 Å². The number of carbonyl (C=O) groups is 4. The van der Waals surface area contributed by atoms with Crippen LogP contribution in [0.1, 0.15) is 53.5 Å². The first-order valence-corrected chi connectivity index (χ1v) is 11.3. The molecule has 1 aliphatic rings. The predicted octanol–water partition coefficient (Wildman–Crippen LogP) is 4.13. The normalized spacial score (nSPS) is 12.1. The average molecular weight is 462 g/mol. The molecule has 3 aromatic rings. The number of hydrogen-bond acceptors (Lipinski definition) is 5. The number of aryl methyl sites for hydroxylation is 1. The lowest BCUT2D eigenvalue weighted by Crippen LogP contribution is -2.39. The standard InChI is InChI=1S/C25H23N3O4S/c1-28(2)25(32)27-23(31)20-18-9-6-10-19(18)33-24(20)26-22(30)17-13-11-16(12-14-17)21(29)15-7-4-3-5-8-15/h3-5,7-8,11-14H,6,9-10H2,1-2H3,(H,26,30)(H,27,31,32). The zero-order valence-corrected chi connectivity index (χ0v) is 19.1. The molecule has 0 spiro atoms. The molecular formula is C25H23N3O4S. The summed E-state index contributed by atoms with van der Waals surface area (Å²) in [6.45, 7) is 0. The zero-order chi connectivity index (χ0) is 23.5. The summed E-state index contributed by atoms with van der Waals surface area (Å²) >= 11 is 1.37. The number of ketones is 1. The number of imide groups is 1. The number of fused-ring (bicyclic) bond motifs is 1. The lowest BCUT2D eigenvalue weighted by Gasteiger charge is -2.12. The van der Waals surface area contributed by atoms with Crippen LogP contribution in [0.3, 0.4) is 0 Å². The molecule has 33 heavy (non-hydrogen) atoms. The van der Waals surface area contributed by atoms with Gasteiger partial charge in [-0.3, -0.25) is 19.7 Å². The van der Waals surface area contributed by atoms with Crippen molar-refractivity contribution in [2.24, 2.45) is 0 Å². The van der Waals surface area contributed by atoms with Gasteiger partial charge in [-0.2, -0.15) is 0 Å². The minimum Gasteiger partial charge on any atom is -0.331 e. The smallest absolute Gasteiger partial charge is 0.323 e. The van der Waals surface area contributed by atoms with Gasteiger partial charge in [-0.25, -0.2) is 4.79 Å². The fourth-order valence-electron chi connectivity index (χ4n) is 3.71. The number of hydrogen-bond donors (Lipinski definition) is 2. The van der Waals surface area contributed by atoms with Crippen LogP contribution in [0.25, 0.3) is 0 Å². The number of carbonyl (C=O) groups excluding carboxylic acids is 4. The SMILES string of the molecule is CN(C)C(=O)NC(=O)c1c(NC(=O)c2ccc(C(=O)c3ccccc3)cc2)sc2c1CCC2. The molecule has 4 rings (SSSR count). The Morgan fingerprint density at radius 3 is 2.12 bits per heavy atom. The largest absolute Gasteiger partial charge is 0.331 e. The van der Waals surface area contributed by atoms with Crippen LogP contribution in [0.5, 0.6) is 0 Å². The summed E-state index contributed by atoms with van der Waals surface area (Å²) in [7, 11) is 3.10. The maximum absolute atomic E-state index is 12.9. The maximum Gasteiger partial charge on any atom is 0.323 e. The summed E-state index contributed by atoms with van der Waals surface area (Å²) in [4.78, 5) is 52.6. The van der Waals surface area contributed by atoms with E-state index in [1.54, 1.807) is 62.6 Å². The Hall–Kier alpha value is -3.78. The molecule has 1 aromatic heterocycles. The van der Waals surface area contributed by atoms with Crippen LogP contribution in [0.15, 0.2) is 54.6 Å². The second kappa shape index (κ2) is 9.38. The Morgan fingerprint density at radius 1 is 0.818 bits per heavy atom. The fraction of sp³-hybridized carbons (Fsp3) is 0.200. The van der Waals surface area contributed by atoms with E-state index in [1.807, 2.05) is 6.07 Å². The van der Waals surface area contributed by atoms with E-state index in [9.17, 15) is 19.2 Å². The zero-order valence-electron chi connectivity index (χ0n) is 18.3. The number of urea groups is 1. The molecule has 0 aliphatic heterocycles. The van der Waals surface area contributed by atoms with E-state index >= 15 is 0 Å². The Balaban J connectivity index is 1.53. The third kappa shape index (κ3) is 4.70. The minimum atomic E-state index is -0.521. The van der Waals surface area contributed by atoms with E-state index in [2.05, 4.69) is 10.6 Å². The molecule has 0 radical (unpaired) electrons. The number of nitrogens with zero attached hydrogens (tertiary/aromatic N) is 1. The lowest BCUT2D eigenvalue weighted by atomic mass is 10.0. The molecule has 1 heterocycles. The van der Waals surface area contributed by atoms with E-state index < -0.39 is 11.9 Å². The molecule has 0 fully saturated rings. The molecule has 0 bridgehead atoms. The van der Waals surface area contributed by atoms with Crippen LogP contribution in [0, 0.1) is 0 Å². The van der Waals surface area contributed by atoms with Crippen LogP contribution in [0.4, 0.5) is 9.80 Å². The van der Waals surface area contributed by atoms with Gasteiger partial charge in [-0.15, -0.1) is 11.3 Å². The van der Waals surface area contributed by atoms with Crippen LogP contribution in [-0.4, -0.2) is 42.6 Å². The molecule has 0 unspecified atom stereocenters. The predicted molar refractivity (Wildman–Crippen MR) is 127 cm³/mol. The van der Waals surface area contributed by atoms with Crippen LogP contribution < -0.4 is 10.6 Å². The first-order chi connectivity index (χ1) is 15.8. The third-order valence-corrected chi connectivity index (χ3v) is 6.65. The molecular weight excluding hydrogens is 438 g/mol. The Morgan fingerprint density at radius 2 is 1.45 bits per heavy atom. The second-order valence-electron chi connectivity index (χ2n) is 7.94. The molecule has 4 amide bonds. The van der Waals surface area contributed by atoms with Gasteiger partial charge >= 0.3 is 6.03 Å². The van der Waals surface area contributed by atoms with Gasteiger partial charge in [-0.1, -0.05) is 42.5 Å². The van der Waals surface area contributed by atoms with Crippen molar-refractivity contribution in [1.82, 2.24) is 10.2 Å². The highest BCUT2D eigenvalue weighted by atomic mass is 32.1. The molecule has 2 N–H and O–H groups in total. The number of amides is 4. The van der Waals surface area contributed by atoms with Crippen LogP contribution in [-0.2, 0) is 12.8 Å². The fourth-order valence-corrected chi connectivity index (χ4v) is 4.99. The lowest BCUT2D eigenvalue weighted by molar-refractivity contribution is 0.0956. The number of nitrogens with one attached hydrogen (secondary N) is 2. The third-order valence-electron chi connectivity index (χ3n) is 5.45. The maximum atomic E-state index is 12.9. The van der Waals surface area contributed by atoms with Gasteiger partial charge < -0.3 is 10.2 Å². The van der Waals surface area contributed by atoms with Gasteiger partial charge in [0.25, 0.3) is 11.8 Å². The van der Waals surface area contributed by atoms with Crippen molar-refractivity contribution in [3.05, 3.63) is 87.3 Å². The topological polar surface area (TPSA) is 95.6 Å². The molecule has 0 saturated heterocycles. The number of anilines is 1. The Bertz CT molecular complexity index is 1230. The highest BCUT2D eigenvalue weighted by Gasteiger charge is 2.28. The number of thiophene rings is 1. The summed E-state index contributed by atoms with van der Waals surface area (Å²) in [5, 5.41) is 5.62. The van der Waals surface area contributed by atoms with E-state index in [0.29, 0.717) is 27.3 Å². The van der Waals surface area contributed by atoms with E-state index in [0.717, 1.165) is 29.7 Å². The molecule has 2 aromatic carbocycles. The van der Waals surface area contributed by atoms with E-state index in [-0.39, 0.29) is 11.7 Å². The van der Waals surface area contributed by atoms with Crippen LogP contribution >= 0.6 is 11.3 Å². The van der Waals surface area contributed by atoms with Crippen molar-refractivity contribution in [2.45, 2.75) is 19.3 Å². The van der Waals surface area contributed by atoms with Crippen molar-refractivity contribution in [3.63, 3.8) is 0 Å². The first kappa shape index (κ1) is 22.4. The van der Waals surface area contributed by atoms with Gasteiger partial charge in [0.1, 0.15) is 5.00 Å². The molecule has 0 atom stereocenters. The molecule has 168 valence electrons. The van der Waals surface area contributed by atoms with Gasteiger partial charge in [0.2, 0.25) is 0 Å². The summed E-state index contributed by atoms with van der Waals surface area (Å²) in [5.41, 5.74) is 2.67. The summed E-state index contributed by atoms with van der Waals surface area (Å²) in [5.74, 6) is -1.03. The number of rotatable bonds is 5. The van der Waals surface area contributed by atoms with E-state index in [1.165, 1.54) is 16.2 Å². The number of benzene rings is 2. The molecule has 8 heteroatoms. The molecule has 1 aliphatic carbocycles. The van der Waals surface area contributed by atoms with Gasteiger partial charge in [0, 0.05) is 35.7 Å². The van der Waals surface area contributed by atoms with Gasteiger partial charge in [-0.05, 0) is 37.0 Å². The molecule has 0 saturated carbocycles. The van der Waals surface area contributed by atoms with Crippen molar-refractivity contribution in [3.8, 4) is 0 Å². The van der Waals surface area contributed by atoms with Gasteiger partial charge in [0.15, 0.2) is 5.78 Å². The highest BCUT2D eigenvalue weighted by molar-refractivity contribution is 7.17. The summed E-state index contributed by atoms with van der Waals surface area (Å²) in [6, 6.07) is 14.8. The quantitative estimate of drug-likeness (QED) is 0.559. The molecule has 7 nitrogen and oxygen atoms in total.